The smallest absolute Gasteiger partial charge is 0.137 e. The summed E-state index contributed by atoms with van der Waals surface area (Å²) in [6.45, 7) is 7.59. The summed E-state index contributed by atoms with van der Waals surface area (Å²) in [5.74, 6) is 1.25. The van der Waals surface area contributed by atoms with Crippen LogP contribution in [0.1, 0.15) is 65.2 Å². The zero-order chi connectivity index (χ0) is 14.1. The van der Waals surface area contributed by atoms with Crippen LogP contribution in [0.3, 0.4) is 0 Å². The number of carbonyl (C=O) groups excluding carboxylic acids is 1. The van der Waals surface area contributed by atoms with E-state index in [-0.39, 0.29) is 6.04 Å². The van der Waals surface area contributed by atoms with Gasteiger partial charge >= 0.3 is 0 Å². The third kappa shape index (κ3) is 5.29. The molecule has 1 saturated carbocycles. The van der Waals surface area contributed by atoms with E-state index in [4.69, 9.17) is 0 Å². The first-order valence-electron chi connectivity index (χ1n) is 8.27. The molecule has 2 atom stereocenters. The zero-order valence-corrected chi connectivity index (χ0v) is 13.1. The second-order valence-electron chi connectivity index (χ2n) is 5.97. The second kappa shape index (κ2) is 9.58. The third-order valence-electron chi connectivity index (χ3n) is 4.67. The summed E-state index contributed by atoms with van der Waals surface area (Å²) in [5, 5.41) is 0. The predicted octanol–water partition coefficient (Wildman–Crippen LogP) is 3.72. The minimum atomic E-state index is 0.101. The summed E-state index contributed by atoms with van der Waals surface area (Å²) in [7, 11) is 2.27. The van der Waals surface area contributed by atoms with Crippen molar-refractivity contribution in [1.29, 1.82) is 0 Å². The summed E-state index contributed by atoms with van der Waals surface area (Å²) in [4.78, 5) is 13.8. The van der Waals surface area contributed by atoms with Gasteiger partial charge < -0.3 is 4.79 Å². The van der Waals surface area contributed by atoms with Crippen molar-refractivity contribution in [3.05, 3.63) is 0 Å². The predicted molar refractivity (Wildman–Crippen MR) is 83.7 cm³/mol. The highest BCUT2D eigenvalue weighted by molar-refractivity contribution is 6.35. The molecule has 2 unspecified atom stereocenters. The molecule has 1 radical (unpaired) electrons. The Morgan fingerprint density at radius 1 is 1.16 bits per heavy atom. The van der Waals surface area contributed by atoms with Gasteiger partial charge in [-0.15, -0.1) is 0 Å². The molecule has 2 nitrogen and oxygen atoms in total. The van der Waals surface area contributed by atoms with Crippen LogP contribution >= 0.6 is 0 Å². The highest BCUT2D eigenvalue weighted by Crippen LogP contribution is 2.25. The van der Waals surface area contributed by atoms with Crippen molar-refractivity contribution < 1.29 is 4.79 Å². The highest BCUT2D eigenvalue weighted by atomic mass is 16.1. The molecule has 0 aromatic carbocycles. The Morgan fingerprint density at radius 2 is 1.79 bits per heavy atom. The topological polar surface area (TPSA) is 20.3 Å². The van der Waals surface area contributed by atoms with Gasteiger partial charge in [-0.05, 0) is 37.5 Å². The lowest BCUT2D eigenvalue weighted by Crippen LogP contribution is -2.48. The van der Waals surface area contributed by atoms with E-state index in [0.29, 0.717) is 5.94 Å². The minimum Gasteiger partial charge on any atom is -0.302 e. The molecule has 0 aromatic heterocycles. The maximum Gasteiger partial charge on any atom is 0.137 e. The number of carbonyl (C=O) groups is 1. The number of hydrogen-bond donors (Lipinski definition) is 0. The normalized spacial score (nSPS) is 20.8. The van der Waals surface area contributed by atoms with Gasteiger partial charge in [0.2, 0.25) is 0 Å². The van der Waals surface area contributed by atoms with Crippen LogP contribution in [0.15, 0.2) is 0 Å². The lowest BCUT2D eigenvalue weighted by molar-refractivity contribution is -0.113. The Morgan fingerprint density at radius 3 is 2.21 bits per heavy atom. The molecule has 0 spiro atoms. The fourth-order valence-corrected chi connectivity index (χ4v) is 3.43. The molecule has 1 aliphatic carbocycles. The molecule has 109 valence electrons. The van der Waals surface area contributed by atoms with Crippen LogP contribution in [-0.2, 0) is 4.79 Å². The number of nitrogens with zero attached hydrogens (tertiary/aromatic N) is 1. The molecular formula is C16H31BNO. The first-order chi connectivity index (χ1) is 9.26. The van der Waals surface area contributed by atoms with Crippen LogP contribution in [0.4, 0.5) is 0 Å². The standard InChI is InChI=1S/C16H31BNO/c1-4-15(13-19)18(16(5-2)17-3)12-14-10-8-6-7-9-11-14/h13-16H,4-12H2,1-3H3. The van der Waals surface area contributed by atoms with Crippen molar-refractivity contribution in [3.8, 4) is 0 Å². The fourth-order valence-electron chi connectivity index (χ4n) is 3.43. The summed E-state index contributed by atoms with van der Waals surface area (Å²) in [6.07, 6.45) is 11.5. The van der Waals surface area contributed by atoms with E-state index in [1.807, 2.05) is 0 Å². The zero-order valence-electron chi connectivity index (χ0n) is 13.1. The Balaban J connectivity index is 2.68. The van der Waals surface area contributed by atoms with Crippen LogP contribution in [0, 0.1) is 5.92 Å². The molecule has 0 heterocycles. The molecule has 0 amide bonds. The molecule has 0 saturated heterocycles. The Bertz CT molecular complexity index is 235. The summed E-state index contributed by atoms with van der Waals surface area (Å²) in [5.41, 5.74) is 0. The van der Waals surface area contributed by atoms with Gasteiger partial charge in [0.05, 0.1) is 6.04 Å². The average Bonchev–Trinajstić information content (AvgIpc) is 2.70. The molecule has 3 heteroatoms. The third-order valence-corrected chi connectivity index (χ3v) is 4.67. The van der Waals surface area contributed by atoms with E-state index in [1.54, 1.807) is 0 Å². The molecule has 1 fully saturated rings. The number of hydrogen-bond acceptors (Lipinski definition) is 2. The SMILES string of the molecule is C[B]C(CC)N(CC1CCCCCC1)C(C=O)CC. The molecule has 19 heavy (non-hydrogen) atoms. The molecule has 0 aliphatic heterocycles. The van der Waals surface area contributed by atoms with Crippen LogP contribution in [0.2, 0.25) is 6.82 Å². The van der Waals surface area contributed by atoms with Crippen LogP contribution in [0.25, 0.3) is 0 Å². The largest absolute Gasteiger partial charge is 0.302 e. The van der Waals surface area contributed by atoms with Crippen molar-refractivity contribution in [1.82, 2.24) is 4.90 Å². The van der Waals surface area contributed by atoms with Gasteiger partial charge in [-0.2, -0.15) is 0 Å². The summed E-state index contributed by atoms with van der Waals surface area (Å²) < 4.78 is 0. The molecular weight excluding hydrogens is 233 g/mol. The highest BCUT2D eigenvalue weighted by Gasteiger charge is 2.26. The summed E-state index contributed by atoms with van der Waals surface area (Å²) in [6, 6.07) is 0.101. The lowest BCUT2D eigenvalue weighted by Gasteiger charge is -2.37. The minimum absolute atomic E-state index is 0.101. The molecule has 1 rings (SSSR count). The number of aldehydes is 1. The molecule has 0 N–H and O–H groups in total. The Kier molecular flexibility index (Phi) is 8.44. The van der Waals surface area contributed by atoms with E-state index in [0.717, 1.165) is 31.6 Å². The van der Waals surface area contributed by atoms with Crippen LogP contribution in [-0.4, -0.2) is 37.0 Å². The maximum absolute atomic E-state index is 11.4. The second-order valence-corrected chi connectivity index (χ2v) is 5.97. The van der Waals surface area contributed by atoms with Gasteiger partial charge in [0, 0.05) is 6.54 Å². The molecule has 0 aromatic rings. The van der Waals surface area contributed by atoms with Gasteiger partial charge in [0.15, 0.2) is 0 Å². The van der Waals surface area contributed by atoms with Gasteiger partial charge in [-0.1, -0.05) is 46.4 Å². The van der Waals surface area contributed by atoms with E-state index >= 15 is 0 Å². The quantitative estimate of drug-likeness (QED) is 0.378. The van der Waals surface area contributed by atoms with Crippen LogP contribution in [0.5, 0.6) is 0 Å². The van der Waals surface area contributed by atoms with Gasteiger partial charge in [0.25, 0.3) is 0 Å². The Labute approximate surface area is 120 Å². The van der Waals surface area contributed by atoms with Gasteiger partial charge in [-0.3, -0.25) is 4.90 Å². The Hall–Kier alpha value is -0.305. The summed E-state index contributed by atoms with van der Waals surface area (Å²) >= 11 is 0. The molecule has 1 aliphatic rings. The molecule has 0 bridgehead atoms. The van der Waals surface area contributed by atoms with Crippen molar-refractivity contribution in [2.45, 2.75) is 84.0 Å². The van der Waals surface area contributed by atoms with Crippen molar-refractivity contribution in [2.24, 2.45) is 5.92 Å². The fraction of sp³-hybridized carbons (Fsp3) is 0.938. The lowest BCUT2D eigenvalue weighted by atomic mass is 9.69. The maximum atomic E-state index is 11.4. The first kappa shape index (κ1) is 16.7. The van der Waals surface area contributed by atoms with E-state index in [1.165, 1.54) is 38.5 Å². The van der Waals surface area contributed by atoms with Crippen molar-refractivity contribution in [3.63, 3.8) is 0 Å². The van der Waals surface area contributed by atoms with Crippen molar-refractivity contribution >= 4 is 13.6 Å². The van der Waals surface area contributed by atoms with Gasteiger partial charge in [0.1, 0.15) is 13.6 Å². The van der Waals surface area contributed by atoms with Crippen molar-refractivity contribution in [2.75, 3.05) is 6.54 Å². The van der Waals surface area contributed by atoms with Gasteiger partial charge in [-0.25, -0.2) is 0 Å². The average molecular weight is 264 g/mol. The van der Waals surface area contributed by atoms with E-state index in [2.05, 4.69) is 32.8 Å². The van der Waals surface area contributed by atoms with E-state index in [9.17, 15) is 4.79 Å². The first-order valence-corrected chi connectivity index (χ1v) is 8.27. The van der Waals surface area contributed by atoms with E-state index < -0.39 is 0 Å². The van der Waals surface area contributed by atoms with Crippen LogP contribution < -0.4 is 0 Å². The number of rotatable bonds is 8. The monoisotopic (exact) mass is 264 g/mol.